The smallest absolute Gasteiger partial charge is 0.475 e. The van der Waals surface area contributed by atoms with Crippen LogP contribution in [-0.2, 0) is 14.1 Å². The molecule has 16 heavy (non-hydrogen) atoms. The molecule has 5 nitrogen and oxygen atoms in total. The highest BCUT2D eigenvalue weighted by Gasteiger charge is 2.52. The van der Waals surface area contributed by atoms with Gasteiger partial charge in [-0.2, -0.15) is 0 Å². The Morgan fingerprint density at radius 3 is 1.62 bits per heavy atom. The zero-order valence-corrected chi connectivity index (χ0v) is 10.9. The van der Waals surface area contributed by atoms with E-state index in [1.807, 2.05) is 34.6 Å². The lowest BCUT2D eigenvalue weighted by atomic mass is 9.81. The fourth-order valence-corrected chi connectivity index (χ4v) is 1.10. The summed E-state index contributed by atoms with van der Waals surface area (Å²) in [7, 11) is -0.269. The molecule has 0 aromatic heterocycles. The van der Waals surface area contributed by atoms with Crippen LogP contribution in [0.4, 0.5) is 0 Å². The Hall–Kier alpha value is -0.585. The van der Waals surface area contributed by atoms with Gasteiger partial charge in [-0.3, -0.25) is 4.79 Å². The molecule has 1 saturated heterocycles. The highest BCUT2D eigenvalue weighted by molar-refractivity contribution is 6.47. The molecule has 1 heterocycles. The van der Waals surface area contributed by atoms with Crippen LogP contribution in [-0.4, -0.2) is 35.3 Å². The van der Waals surface area contributed by atoms with E-state index in [9.17, 15) is 0 Å². The van der Waals surface area contributed by atoms with Crippen LogP contribution in [0.3, 0.4) is 0 Å². The highest BCUT2D eigenvalue weighted by Crippen LogP contribution is 2.36. The molecule has 0 radical (unpaired) electrons. The van der Waals surface area contributed by atoms with E-state index in [4.69, 9.17) is 24.9 Å². The minimum Gasteiger partial charge on any atom is -0.481 e. The van der Waals surface area contributed by atoms with Gasteiger partial charge < -0.3 is 20.1 Å². The molecule has 3 N–H and O–H groups in total. The van der Waals surface area contributed by atoms with Gasteiger partial charge in [0, 0.05) is 12.9 Å². The summed E-state index contributed by atoms with van der Waals surface area (Å²) >= 11 is 0. The first-order valence-electron chi connectivity index (χ1n) is 5.30. The molecule has 0 aromatic rings. The number of hydrogen-bond acceptors (Lipinski definition) is 4. The maximum absolute atomic E-state index is 9.00. The molecule has 0 spiro atoms. The average Bonchev–Trinajstić information content (AvgIpc) is 2.20. The summed E-state index contributed by atoms with van der Waals surface area (Å²) in [6.07, 6.45) is 0. The maximum atomic E-state index is 9.00. The second-order valence-electron chi connectivity index (χ2n) is 5.00. The summed E-state index contributed by atoms with van der Waals surface area (Å²) in [5.41, 5.74) is 5.17. The minimum atomic E-state index is -0.833. The molecule has 94 valence electrons. The van der Waals surface area contributed by atoms with E-state index < -0.39 is 5.97 Å². The lowest BCUT2D eigenvalue weighted by molar-refractivity contribution is -0.134. The van der Waals surface area contributed by atoms with Crippen molar-refractivity contribution in [1.29, 1.82) is 0 Å². The zero-order valence-electron chi connectivity index (χ0n) is 10.9. The van der Waals surface area contributed by atoms with Crippen LogP contribution in [0.5, 0.6) is 0 Å². The minimum absolute atomic E-state index is 0.0777. The summed E-state index contributed by atoms with van der Waals surface area (Å²) in [6.45, 7) is 11.1. The van der Waals surface area contributed by atoms with E-state index in [1.165, 1.54) is 0 Å². The quantitative estimate of drug-likeness (QED) is 0.659. The van der Waals surface area contributed by atoms with Gasteiger partial charge in [0.1, 0.15) is 0 Å². The largest absolute Gasteiger partial charge is 0.481 e. The molecule has 0 saturated carbocycles. The number of carboxylic acid groups (broad SMARTS) is 1. The Bertz CT molecular complexity index is 233. The van der Waals surface area contributed by atoms with Gasteiger partial charge in [-0.15, -0.1) is 0 Å². The molecule has 6 heteroatoms. The molecular weight excluding hydrogens is 209 g/mol. The first-order valence-corrected chi connectivity index (χ1v) is 5.30. The van der Waals surface area contributed by atoms with Crippen LogP contribution < -0.4 is 5.73 Å². The van der Waals surface area contributed by atoms with Crippen LogP contribution in [0.15, 0.2) is 0 Å². The van der Waals surface area contributed by atoms with Crippen molar-refractivity contribution in [3.8, 4) is 0 Å². The van der Waals surface area contributed by atoms with E-state index in [-0.39, 0.29) is 24.3 Å². The van der Waals surface area contributed by atoms with Crippen molar-refractivity contribution in [2.75, 3.05) is 0 Å². The second-order valence-corrected chi connectivity index (χ2v) is 5.00. The molecule has 0 aliphatic carbocycles. The molecule has 1 fully saturated rings. The van der Waals surface area contributed by atoms with Crippen LogP contribution in [0, 0.1) is 0 Å². The van der Waals surface area contributed by atoms with Crippen LogP contribution in [0.2, 0.25) is 0 Å². The van der Waals surface area contributed by atoms with Crippen molar-refractivity contribution < 1.29 is 19.2 Å². The topological polar surface area (TPSA) is 81.8 Å². The molecule has 0 bridgehead atoms. The van der Waals surface area contributed by atoms with Gasteiger partial charge in [0.05, 0.1) is 11.2 Å². The Kier molecular flexibility index (Phi) is 4.97. The third-order valence-electron chi connectivity index (χ3n) is 2.70. The zero-order chi connectivity index (χ0) is 13.1. The predicted molar refractivity (Wildman–Crippen MR) is 63.0 cm³/mol. The summed E-state index contributed by atoms with van der Waals surface area (Å²) in [6, 6.07) is 0. The summed E-state index contributed by atoms with van der Waals surface area (Å²) in [5, 5.41) is 7.42. The Balaban J connectivity index is 0.000000487. The predicted octanol–water partition coefficient (Wildman–Crippen LogP) is 1.06. The van der Waals surface area contributed by atoms with Gasteiger partial charge in [-0.05, 0) is 27.7 Å². The summed E-state index contributed by atoms with van der Waals surface area (Å²) in [5.74, 6) is -0.911. The first-order chi connectivity index (χ1) is 6.99. The molecule has 0 amide bonds. The monoisotopic (exact) mass is 231 g/mol. The number of nitrogens with two attached hydrogens (primary N) is 1. The van der Waals surface area contributed by atoms with Gasteiger partial charge in [-0.25, -0.2) is 0 Å². The van der Waals surface area contributed by atoms with E-state index >= 15 is 0 Å². The number of aliphatic carboxylic acids is 1. The molecule has 1 rings (SSSR count). The van der Waals surface area contributed by atoms with Crippen molar-refractivity contribution in [3.05, 3.63) is 0 Å². The summed E-state index contributed by atoms with van der Waals surface area (Å²) < 4.78 is 11.4. The molecule has 1 aliphatic heterocycles. The van der Waals surface area contributed by atoms with Gasteiger partial charge in [0.25, 0.3) is 5.97 Å². The van der Waals surface area contributed by atoms with Crippen molar-refractivity contribution >= 4 is 13.1 Å². The molecule has 0 aromatic carbocycles. The third-order valence-corrected chi connectivity index (χ3v) is 2.70. The van der Waals surface area contributed by atoms with Crippen LogP contribution in [0.1, 0.15) is 41.5 Å². The standard InChI is InChI=1S/C8H18BNO2.C2H4O2/c1-6(10)9-11-7(2,3)8(4,5)12-9;1-2(3)4/h6H,10H2,1-5H3;1H3,(H,3,4)/t6-;/m1./s1. The lowest BCUT2D eigenvalue weighted by Gasteiger charge is -2.32. The number of rotatable bonds is 1. The molecule has 0 unspecified atom stereocenters. The van der Waals surface area contributed by atoms with E-state index in [1.54, 1.807) is 0 Å². The Morgan fingerprint density at radius 2 is 1.50 bits per heavy atom. The van der Waals surface area contributed by atoms with Gasteiger partial charge >= 0.3 is 7.12 Å². The fourth-order valence-electron chi connectivity index (χ4n) is 1.10. The highest BCUT2D eigenvalue weighted by atomic mass is 16.7. The second kappa shape index (κ2) is 5.16. The van der Waals surface area contributed by atoms with Crippen molar-refractivity contribution in [1.82, 2.24) is 0 Å². The van der Waals surface area contributed by atoms with E-state index in [0.717, 1.165) is 6.92 Å². The van der Waals surface area contributed by atoms with Crippen molar-refractivity contribution in [2.24, 2.45) is 5.73 Å². The lowest BCUT2D eigenvalue weighted by Crippen LogP contribution is -2.41. The van der Waals surface area contributed by atoms with Crippen LogP contribution in [0.25, 0.3) is 0 Å². The van der Waals surface area contributed by atoms with Crippen molar-refractivity contribution in [2.45, 2.75) is 58.7 Å². The SMILES string of the molecule is CC(=O)O.C[C@@H](N)B1OC(C)(C)C(C)(C)O1. The Labute approximate surface area is 97.4 Å². The van der Waals surface area contributed by atoms with E-state index in [0.29, 0.717) is 0 Å². The Morgan fingerprint density at radius 1 is 1.25 bits per heavy atom. The van der Waals surface area contributed by atoms with Gasteiger partial charge in [0.15, 0.2) is 0 Å². The number of carbonyl (C=O) groups is 1. The molecular formula is C10H22BNO4. The van der Waals surface area contributed by atoms with Gasteiger partial charge in [0.2, 0.25) is 0 Å². The number of carboxylic acids is 1. The summed E-state index contributed by atoms with van der Waals surface area (Å²) in [4.78, 5) is 9.00. The molecule has 1 aliphatic rings. The van der Waals surface area contributed by atoms with E-state index in [2.05, 4.69) is 0 Å². The number of hydrogen-bond donors (Lipinski definition) is 2. The third kappa shape index (κ3) is 4.12. The average molecular weight is 231 g/mol. The normalized spacial score (nSPS) is 23.3. The van der Waals surface area contributed by atoms with Crippen molar-refractivity contribution in [3.63, 3.8) is 0 Å². The van der Waals surface area contributed by atoms with Gasteiger partial charge in [-0.1, -0.05) is 6.92 Å². The fraction of sp³-hybridized carbons (Fsp3) is 0.900. The van der Waals surface area contributed by atoms with Crippen LogP contribution >= 0.6 is 0 Å². The first kappa shape index (κ1) is 15.4. The molecule has 1 atom stereocenters. The maximum Gasteiger partial charge on any atom is 0.475 e.